The van der Waals surface area contributed by atoms with E-state index in [1.54, 1.807) is 35.2 Å². The molecule has 0 aliphatic rings. The van der Waals surface area contributed by atoms with Crippen LogP contribution in [-0.2, 0) is 17.0 Å². The molecular formula is C23H19N3O3S. The molecule has 7 heteroatoms. The zero-order chi connectivity index (χ0) is 20.9. The van der Waals surface area contributed by atoms with E-state index >= 15 is 0 Å². The molecule has 30 heavy (non-hydrogen) atoms. The lowest BCUT2D eigenvalue weighted by Gasteiger charge is -2.13. The number of fused-ring (bicyclic) bond motifs is 1. The molecule has 0 unspecified atom stereocenters. The zero-order valence-corrected chi connectivity index (χ0v) is 17.1. The average Bonchev–Trinajstić information content (AvgIpc) is 2.80. The SMILES string of the molecule is COC(=O)c1ccc(CSc2nc3ccccc3c(=O)n2Cc2cccnc2)cc1. The molecule has 2 aromatic carbocycles. The van der Waals surface area contributed by atoms with Gasteiger partial charge in [-0.2, -0.15) is 0 Å². The van der Waals surface area contributed by atoms with E-state index in [0.717, 1.165) is 11.1 Å². The molecule has 0 atom stereocenters. The number of hydrogen-bond acceptors (Lipinski definition) is 6. The molecule has 0 fully saturated rings. The Morgan fingerprint density at radius 3 is 2.57 bits per heavy atom. The third-order valence-corrected chi connectivity index (χ3v) is 5.68. The number of thioether (sulfide) groups is 1. The zero-order valence-electron chi connectivity index (χ0n) is 16.3. The van der Waals surface area contributed by atoms with Crippen LogP contribution in [0, 0.1) is 0 Å². The van der Waals surface area contributed by atoms with Gasteiger partial charge in [0.05, 0.1) is 30.1 Å². The van der Waals surface area contributed by atoms with Gasteiger partial charge in [-0.25, -0.2) is 9.78 Å². The molecule has 0 saturated heterocycles. The Morgan fingerprint density at radius 2 is 1.83 bits per heavy atom. The van der Waals surface area contributed by atoms with E-state index in [4.69, 9.17) is 9.72 Å². The predicted octanol–water partition coefficient (Wildman–Crippen LogP) is 3.92. The molecule has 0 radical (unpaired) electrons. The van der Waals surface area contributed by atoms with Crippen molar-refractivity contribution in [3.63, 3.8) is 0 Å². The van der Waals surface area contributed by atoms with E-state index in [2.05, 4.69) is 4.98 Å². The number of nitrogens with zero attached hydrogens (tertiary/aromatic N) is 3. The van der Waals surface area contributed by atoms with E-state index in [1.165, 1.54) is 18.9 Å². The monoisotopic (exact) mass is 417 g/mol. The maximum atomic E-state index is 13.2. The minimum Gasteiger partial charge on any atom is -0.465 e. The molecular weight excluding hydrogens is 398 g/mol. The number of hydrogen-bond donors (Lipinski definition) is 0. The van der Waals surface area contributed by atoms with Crippen molar-refractivity contribution in [2.75, 3.05) is 7.11 Å². The van der Waals surface area contributed by atoms with Gasteiger partial charge in [-0.3, -0.25) is 14.3 Å². The highest BCUT2D eigenvalue weighted by Gasteiger charge is 2.13. The summed E-state index contributed by atoms with van der Waals surface area (Å²) in [5, 5.41) is 1.23. The van der Waals surface area contributed by atoms with Gasteiger partial charge in [0.15, 0.2) is 5.16 Å². The van der Waals surface area contributed by atoms with Gasteiger partial charge in [0.1, 0.15) is 0 Å². The summed E-state index contributed by atoms with van der Waals surface area (Å²) in [4.78, 5) is 33.6. The molecule has 150 valence electrons. The fourth-order valence-electron chi connectivity index (χ4n) is 3.07. The summed E-state index contributed by atoms with van der Waals surface area (Å²) in [6.07, 6.45) is 3.46. The van der Waals surface area contributed by atoms with Crippen LogP contribution >= 0.6 is 11.8 Å². The van der Waals surface area contributed by atoms with Gasteiger partial charge in [-0.05, 0) is 41.5 Å². The van der Waals surface area contributed by atoms with Crippen LogP contribution in [0.5, 0.6) is 0 Å². The number of para-hydroxylation sites is 1. The third kappa shape index (κ3) is 4.26. The lowest BCUT2D eigenvalue weighted by molar-refractivity contribution is 0.0600. The van der Waals surface area contributed by atoms with Crippen molar-refractivity contribution in [3.8, 4) is 0 Å². The summed E-state index contributed by atoms with van der Waals surface area (Å²) >= 11 is 1.48. The predicted molar refractivity (Wildman–Crippen MR) is 117 cm³/mol. The van der Waals surface area contributed by atoms with E-state index in [-0.39, 0.29) is 11.5 Å². The van der Waals surface area contributed by atoms with Gasteiger partial charge in [0.25, 0.3) is 5.56 Å². The fourth-order valence-corrected chi connectivity index (χ4v) is 4.03. The number of pyridine rings is 1. The maximum Gasteiger partial charge on any atom is 0.337 e. The molecule has 0 N–H and O–H groups in total. The van der Waals surface area contributed by atoms with Crippen LogP contribution in [0.2, 0.25) is 0 Å². The number of aromatic nitrogens is 3. The van der Waals surface area contributed by atoms with Crippen LogP contribution in [0.15, 0.2) is 83.0 Å². The van der Waals surface area contributed by atoms with Gasteiger partial charge in [-0.15, -0.1) is 0 Å². The van der Waals surface area contributed by atoms with Crippen LogP contribution in [0.1, 0.15) is 21.5 Å². The first-order valence-corrected chi connectivity index (χ1v) is 10.3. The van der Waals surface area contributed by atoms with Gasteiger partial charge in [0, 0.05) is 18.1 Å². The highest BCUT2D eigenvalue weighted by molar-refractivity contribution is 7.98. The number of carbonyl (C=O) groups excluding carboxylic acids is 1. The fraction of sp³-hybridized carbons (Fsp3) is 0.130. The minimum atomic E-state index is -0.365. The average molecular weight is 417 g/mol. The smallest absolute Gasteiger partial charge is 0.337 e. The minimum absolute atomic E-state index is 0.0759. The summed E-state index contributed by atoms with van der Waals surface area (Å²) in [6.45, 7) is 0.397. The van der Waals surface area contributed by atoms with E-state index < -0.39 is 0 Å². The lowest BCUT2D eigenvalue weighted by atomic mass is 10.1. The number of carbonyl (C=O) groups is 1. The largest absolute Gasteiger partial charge is 0.465 e. The van der Waals surface area contributed by atoms with Crippen LogP contribution in [0.3, 0.4) is 0 Å². The summed E-state index contributed by atoms with van der Waals surface area (Å²) in [6, 6.07) is 18.4. The summed E-state index contributed by atoms with van der Waals surface area (Å²) < 4.78 is 6.42. The Hall–Kier alpha value is -3.45. The van der Waals surface area contributed by atoms with Crippen molar-refractivity contribution in [3.05, 3.63) is 100 Å². The van der Waals surface area contributed by atoms with Gasteiger partial charge < -0.3 is 4.74 Å². The maximum absolute atomic E-state index is 13.2. The third-order valence-electron chi connectivity index (χ3n) is 4.63. The molecule has 0 spiro atoms. The van der Waals surface area contributed by atoms with Crippen molar-refractivity contribution in [1.82, 2.24) is 14.5 Å². The first kappa shape index (κ1) is 19.8. The number of benzene rings is 2. The Labute approximate surface area is 177 Å². The number of methoxy groups -OCH3 is 1. The molecule has 0 aliphatic heterocycles. The topological polar surface area (TPSA) is 74.1 Å². The molecule has 4 aromatic rings. The van der Waals surface area contributed by atoms with Gasteiger partial charge in [0.2, 0.25) is 0 Å². The van der Waals surface area contributed by atoms with Gasteiger partial charge >= 0.3 is 5.97 Å². The molecule has 0 aliphatic carbocycles. The number of ether oxygens (including phenoxy) is 1. The second-order valence-electron chi connectivity index (χ2n) is 6.64. The van der Waals surface area contributed by atoms with Crippen molar-refractivity contribution in [2.45, 2.75) is 17.5 Å². The second-order valence-corrected chi connectivity index (χ2v) is 7.58. The molecule has 6 nitrogen and oxygen atoms in total. The van der Waals surface area contributed by atoms with E-state index in [9.17, 15) is 9.59 Å². The summed E-state index contributed by atoms with van der Waals surface area (Å²) in [7, 11) is 1.36. The molecule has 4 rings (SSSR count). The summed E-state index contributed by atoms with van der Waals surface area (Å²) in [5.41, 5.74) is 3.05. The van der Waals surface area contributed by atoms with Crippen LogP contribution in [-0.4, -0.2) is 27.6 Å². The molecule has 0 bridgehead atoms. The van der Waals surface area contributed by atoms with Crippen LogP contribution < -0.4 is 5.56 Å². The molecule has 0 amide bonds. The summed E-state index contributed by atoms with van der Waals surface area (Å²) in [5.74, 6) is 0.245. The standard InChI is InChI=1S/C23H19N3O3S/c1-29-22(28)18-10-8-16(9-11-18)15-30-23-25-20-7-3-2-6-19(20)21(27)26(23)14-17-5-4-12-24-13-17/h2-13H,14-15H2,1H3. The number of esters is 1. The molecule has 2 aromatic heterocycles. The van der Waals surface area contributed by atoms with E-state index in [1.807, 2.05) is 42.5 Å². The van der Waals surface area contributed by atoms with Crippen LogP contribution in [0.4, 0.5) is 0 Å². The van der Waals surface area contributed by atoms with Gasteiger partial charge in [-0.1, -0.05) is 42.1 Å². The van der Waals surface area contributed by atoms with Crippen molar-refractivity contribution >= 4 is 28.6 Å². The quantitative estimate of drug-likeness (QED) is 0.269. The first-order chi connectivity index (χ1) is 14.7. The highest BCUT2D eigenvalue weighted by atomic mass is 32.2. The number of rotatable bonds is 6. The second kappa shape index (κ2) is 8.92. The first-order valence-electron chi connectivity index (χ1n) is 9.34. The molecule has 0 saturated carbocycles. The van der Waals surface area contributed by atoms with Crippen molar-refractivity contribution in [2.24, 2.45) is 0 Å². The lowest BCUT2D eigenvalue weighted by Crippen LogP contribution is -2.24. The Kier molecular flexibility index (Phi) is 5.90. The van der Waals surface area contributed by atoms with Crippen molar-refractivity contribution in [1.29, 1.82) is 0 Å². The van der Waals surface area contributed by atoms with E-state index in [0.29, 0.717) is 33.9 Å². The highest BCUT2D eigenvalue weighted by Crippen LogP contribution is 2.23. The Bertz CT molecular complexity index is 1240. The molecule has 2 heterocycles. The van der Waals surface area contributed by atoms with Crippen molar-refractivity contribution < 1.29 is 9.53 Å². The Morgan fingerprint density at radius 1 is 1.03 bits per heavy atom. The van der Waals surface area contributed by atoms with Crippen LogP contribution in [0.25, 0.3) is 10.9 Å². The normalized spacial score (nSPS) is 10.8. The Balaban J connectivity index is 1.66.